The molecule has 0 fully saturated rings. The van der Waals surface area contributed by atoms with E-state index in [4.69, 9.17) is 5.73 Å². The summed E-state index contributed by atoms with van der Waals surface area (Å²) in [6, 6.07) is 9.62. The third kappa shape index (κ3) is 3.78. The molecular formula is C27H30N2O3. The van der Waals surface area contributed by atoms with Crippen LogP contribution in [0.5, 0.6) is 0 Å². The molecule has 5 heteroatoms. The van der Waals surface area contributed by atoms with Gasteiger partial charge in [0.05, 0.1) is 5.60 Å². The monoisotopic (exact) mass is 430 g/mol. The van der Waals surface area contributed by atoms with Gasteiger partial charge in [-0.05, 0) is 104 Å². The molecule has 0 heterocycles. The number of hydrogen-bond donors (Lipinski definition) is 3. The number of fused-ring (bicyclic) bond motifs is 2. The molecule has 2 aliphatic rings. The number of rotatable bonds is 5. The second-order valence-corrected chi connectivity index (χ2v) is 9.40. The fraction of sp³-hybridized carbons (Fsp3) is 0.333. The minimum absolute atomic E-state index is 0.190. The highest BCUT2D eigenvalue weighted by Crippen LogP contribution is 2.50. The molecule has 5 nitrogen and oxygen atoms in total. The van der Waals surface area contributed by atoms with Gasteiger partial charge in [-0.2, -0.15) is 0 Å². The maximum absolute atomic E-state index is 12.2. The van der Waals surface area contributed by atoms with E-state index < -0.39 is 11.5 Å². The van der Waals surface area contributed by atoms with E-state index in [0.717, 1.165) is 52.8 Å². The van der Waals surface area contributed by atoms with Crippen molar-refractivity contribution in [1.82, 2.24) is 0 Å². The molecule has 1 atom stereocenters. The van der Waals surface area contributed by atoms with Crippen LogP contribution in [0.1, 0.15) is 60.2 Å². The topological polar surface area (TPSA) is 92.4 Å². The van der Waals surface area contributed by atoms with Crippen LogP contribution < -0.4 is 11.1 Å². The summed E-state index contributed by atoms with van der Waals surface area (Å²) in [7, 11) is 0. The number of nitrogens with two attached hydrogens (primary N) is 1. The fourth-order valence-corrected chi connectivity index (χ4v) is 5.19. The maximum atomic E-state index is 12.2. The minimum atomic E-state index is -0.739. The highest BCUT2D eigenvalue weighted by atomic mass is 16.3. The van der Waals surface area contributed by atoms with Crippen LogP contribution in [0.2, 0.25) is 0 Å². The Morgan fingerprint density at radius 3 is 2.62 bits per heavy atom. The third-order valence-corrected chi connectivity index (χ3v) is 7.00. The lowest BCUT2D eigenvalue weighted by Crippen LogP contribution is -2.32. The van der Waals surface area contributed by atoms with E-state index in [9.17, 15) is 14.7 Å². The zero-order valence-electron chi connectivity index (χ0n) is 18.9. The van der Waals surface area contributed by atoms with Crippen molar-refractivity contribution in [2.45, 2.75) is 52.1 Å². The predicted octanol–water partition coefficient (Wildman–Crippen LogP) is 4.77. The summed E-state index contributed by atoms with van der Waals surface area (Å²) in [5.41, 5.74) is 14.0. The van der Waals surface area contributed by atoms with Crippen molar-refractivity contribution in [2.24, 2.45) is 11.7 Å². The summed E-state index contributed by atoms with van der Waals surface area (Å²) in [4.78, 5) is 24.1. The number of hydrogen-bond acceptors (Lipinski definition) is 3. The lowest BCUT2D eigenvalue weighted by Gasteiger charge is -2.33. The Labute approximate surface area is 189 Å². The summed E-state index contributed by atoms with van der Waals surface area (Å²) < 4.78 is 0. The molecular weight excluding hydrogens is 400 g/mol. The van der Waals surface area contributed by atoms with Gasteiger partial charge in [-0.15, -0.1) is 0 Å². The Balaban J connectivity index is 1.86. The van der Waals surface area contributed by atoms with Gasteiger partial charge in [-0.25, -0.2) is 0 Å². The van der Waals surface area contributed by atoms with E-state index in [-0.39, 0.29) is 11.8 Å². The number of allylic oxidation sites excluding steroid dienone is 2. The van der Waals surface area contributed by atoms with Crippen molar-refractivity contribution in [1.29, 1.82) is 0 Å². The fourth-order valence-electron chi connectivity index (χ4n) is 5.19. The molecule has 2 aromatic rings. The molecule has 0 saturated heterocycles. The van der Waals surface area contributed by atoms with E-state index in [1.807, 2.05) is 51.1 Å². The van der Waals surface area contributed by atoms with Gasteiger partial charge in [0.1, 0.15) is 0 Å². The van der Waals surface area contributed by atoms with Crippen molar-refractivity contribution in [3.8, 4) is 11.1 Å². The van der Waals surface area contributed by atoms with Gasteiger partial charge in [-0.1, -0.05) is 30.4 Å². The lowest BCUT2D eigenvalue weighted by molar-refractivity contribution is -0.111. The van der Waals surface area contributed by atoms with Gasteiger partial charge >= 0.3 is 0 Å². The second-order valence-electron chi connectivity index (χ2n) is 9.40. The van der Waals surface area contributed by atoms with Crippen molar-refractivity contribution < 1.29 is 14.7 Å². The largest absolute Gasteiger partial charge is 0.390 e. The van der Waals surface area contributed by atoms with Gasteiger partial charge in [-0.3, -0.25) is 9.59 Å². The predicted molar refractivity (Wildman–Crippen MR) is 128 cm³/mol. The van der Waals surface area contributed by atoms with Crippen LogP contribution >= 0.6 is 0 Å². The van der Waals surface area contributed by atoms with Gasteiger partial charge in [0.25, 0.3) is 0 Å². The zero-order valence-corrected chi connectivity index (χ0v) is 18.9. The maximum Gasteiger partial charge on any atom is 0.249 e. The summed E-state index contributed by atoms with van der Waals surface area (Å²) in [5.74, 6) is -0.486. The van der Waals surface area contributed by atoms with Gasteiger partial charge in [0.2, 0.25) is 11.8 Å². The van der Waals surface area contributed by atoms with E-state index in [2.05, 4.69) is 11.9 Å². The van der Waals surface area contributed by atoms with Crippen molar-refractivity contribution in [2.75, 3.05) is 5.32 Å². The van der Waals surface area contributed by atoms with E-state index in [0.29, 0.717) is 12.0 Å². The number of aliphatic hydroxyl groups is 1. The normalized spacial score (nSPS) is 17.6. The Morgan fingerprint density at radius 1 is 1.22 bits per heavy atom. The third-order valence-electron chi connectivity index (χ3n) is 7.00. The van der Waals surface area contributed by atoms with Crippen molar-refractivity contribution in [3.63, 3.8) is 0 Å². The summed E-state index contributed by atoms with van der Waals surface area (Å²) in [6.45, 7) is 9.26. The smallest absolute Gasteiger partial charge is 0.249 e. The number of benzene rings is 2. The zero-order chi connectivity index (χ0) is 23.2. The van der Waals surface area contributed by atoms with Gasteiger partial charge < -0.3 is 16.2 Å². The van der Waals surface area contributed by atoms with Crippen molar-refractivity contribution >= 4 is 23.1 Å². The van der Waals surface area contributed by atoms with Crippen LogP contribution in [-0.4, -0.2) is 22.5 Å². The average molecular weight is 431 g/mol. The van der Waals surface area contributed by atoms with E-state index in [1.165, 1.54) is 17.2 Å². The van der Waals surface area contributed by atoms with Crippen LogP contribution in [0.25, 0.3) is 16.7 Å². The molecule has 2 aromatic carbocycles. The molecule has 166 valence electrons. The molecule has 0 aromatic heterocycles. The van der Waals surface area contributed by atoms with E-state index in [1.54, 1.807) is 0 Å². The Bertz CT molecular complexity index is 1170. The quantitative estimate of drug-likeness (QED) is 0.597. The molecule has 0 aliphatic heterocycles. The first-order chi connectivity index (χ1) is 15.1. The number of anilines is 1. The average Bonchev–Trinajstić information content (AvgIpc) is 3.12. The standard InChI is InChI=1S/C27H30N2O3/c1-5-24(30)29-23-8-6-7-18(15(23)2)20-11-12-21(26(28)31)22-14-16-13-17(27(3,4)32)9-10-19(16)25(20)22/h5-8,11-12,17,32H,1,9-10,13-14H2,2-4H3,(H2,28,31)(H,29,30). The van der Waals surface area contributed by atoms with Gasteiger partial charge in [0, 0.05) is 11.3 Å². The number of carbonyl (C=O) groups excluding carboxylic acids is 2. The minimum Gasteiger partial charge on any atom is -0.390 e. The molecule has 32 heavy (non-hydrogen) atoms. The van der Waals surface area contributed by atoms with Crippen LogP contribution in [0.15, 0.2) is 48.6 Å². The molecule has 0 saturated carbocycles. The summed E-state index contributed by atoms with van der Waals surface area (Å²) >= 11 is 0. The summed E-state index contributed by atoms with van der Waals surface area (Å²) in [5, 5.41) is 13.5. The number of carbonyl (C=O) groups is 2. The Morgan fingerprint density at radius 2 is 1.97 bits per heavy atom. The van der Waals surface area contributed by atoms with Crippen LogP contribution in [-0.2, 0) is 11.2 Å². The number of amides is 2. The highest BCUT2D eigenvalue weighted by molar-refractivity contribution is 6.02. The van der Waals surface area contributed by atoms with Gasteiger partial charge in [0.15, 0.2) is 0 Å². The van der Waals surface area contributed by atoms with E-state index >= 15 is 0 Å². The molecule has 0 radical (unpaired) electrons. The van der Waals surface area contributed by atoms with Crippen LogP contribution in [0.3, 0.4) is 0 Å². The highest BCUT2D eigenvalue weighted by Gasteiger charge is 2.37. The molecule has 0 bridgehead atoms. The number of primary amides is 1. The molecule has 2 aliphatic carbocycles. The lowest BCUT2D eigenvalue weighted by atomic mass is 9.75. The Kier molecular flexibility index (Phi) is 5.55. The molecule has 4 N–H and O–H groups in total. The molecule has 0 spiro atoms. The Hall–Kier alpha value is -3.18. The number of nitrogens with one attached hydrogen (secondary N) is 1. The second kappa shape index (κ2) is 8.06. The SMILES string of the molecule is C=CC(=O)Nc1cccc(-c2ccc(C(N)=O)c3c2C2=C(C3)CC(C(C)(C)O)CC2)c1C. The first-order valence-corrected chi connectivity index (χ1v) is 11.0. The summed E-state index contributed by atoms with van der Waals surface area (Å²) in [6.07, 6.45) is 4.52. The molecule has 4 rings (SSSR count). The van der Waals surface area contributed by atoms with Crippen LogP contribution in [0.4, 0.5) is 5.69 Å². The van der Waals surface area contributed by atoms with Crippen LogP contribution in [0, 0.1) is 12.8 Å². The first kappa shape index (κ1) is 22.0. The first-order valence-electron chi connectivity index (χ1n) is 11.0. The van der Waals surface area contributed by atoms with Crippen molar-refractivity contribution in [3.05, 3.63) is 70.8 Å². The molecule has 1 unspecified atom stereocenters. The molecule has 2 amide bonds.